The maximum atomic E-state index is 14.0. The van der Waals surface area contributed by atoms with Gasteiger partial charge in [0.15, 0.2) is 5.65 Å². The van der Waals surface area contributed by atoms with Crippen LogP contribution in [0.1, 0.15) is 30.1 Å². The highest BCUT2D eigenvalue weighted by atomic mass is 19.1. The maximum Gasteiger partial charge on any atom is 0.320 e. The van der Waals surface area contributed by atoms with Crippen LogP contribution in [0.5, 0.6) is 0 Å². The molecule has 1 fully saturated rings. The first-order valence-corrected chi connectivity index (χ1v) is 13.6. The molecule has 12 nitrogen and oxygen atoms in total. The van der Waals surface area contributed by atoms with Gasteiger partial charge < -0.3 is 14.8 Å². The van der Waals surface area contributed by atoms with Crippen molar-refractivity contribution >= 4 is 23.0 Å². The lowest BCUT2D eigenvalue weighted by molar-refractivity contribution is 0.0210. The normalized spacial score (nSPS) is 18.4. The molecule has 1 aromatic carbocycles. The van der Waals surface area contributed by atoms with E-state index in [0.29, 0.717) is 47.7 Å². The average molecular weight is 572 g/mol. The molecule has 2 amide bonds. The van der Waals surface area contributed by atoms with E-state index >= 15 is 0 Å². The summed E-state index contributed by atoms with van der Waals surface area (Å²) in [5, 5.41) is 19.1. The number of urea groups is 1. The smallest absolute Gasteiger partial charge is 0.320 e. The molecule has 2 N–H and O–H groups in total. The van der Waals surface area contributed by atoms with Crippen LogP contribution in [0, 0.1) is 12.9 Å². The van der Waals surface area contributed by atoms with Crippen LogP contribution >= 0.6 is 0 Å². The lowest BCUT2D eigenvalue weighted by Gasteiger charge is -2.21. The minimum Gasteiger partial charge on any atom is -0.385 e. The summed E-state index contributed by atoms with van der Waals surface area (Å²) < 4.78 is 28.7. The number of benzene rings is 1. The van der Waals surface area contributed by atoms with Gasteiger partial charge >= 0.3 is 6.03 Å². The first-order valence-electron chi connectivity index (χ1n) is 13.6. The molecular weight excluding hydrogens is 541 g/mol. The van der Waals surface area contributed by atoms with Crippen molar-refractivity contribution in [2.45, 2.75) is 38.0 Å². The van der Waals surface area contributed by atoms with E-state index in [2.05, 4.69) is 30.9 Å². The number of halogens is 1. The first-order chi connectivity index (χ1) is 20.4. The van der Waals surface area contributed by atoms with Crippen molar-refractivity contribution in [2.24, 2.45) is 7.05 Å². The molecule has 216 valence electrons. The van der Waals surface area contributed by atoms with Crippen LogP contribution in [0.2, 0.25) is 0 Å². The summed E-state index contributed by atoms with van der Waals surface area (Å²) >= 11 is 0. The standard InChI is InChI=1S/C29H30FN9O3/c1-17-25(19-13-23-28(32-16-19)38(2)37-35-23)36-39(20-7-5-4-6-8-20)27(17)34-29(40)33-22-15-21(10-12-41-3)42-26(22)18-9-11-31-24(30)14-18/h4-9,11,13-14,16,21-22,26H,10,12,15H2,1-3H3,(H2,33,34,40)/t21-,22-,26+/m1/s1. The van der Waals surface area contributed by atoms with Crippen molar-refractivity contribution in [3.63, 3.8) is 0 Å². The van der Waals surface area contributed by atoms with Gasteiger partial charge in [-0.25, -0.2) is 24.1 Å². The summed E-state index contributed by atoms with van der Waals surface area (Å²) in [5.74, 6) is -0.113. The van der Waals surface area contributed by atoms with Gasteiger partial charge in [0, 0.05) is 44.3 Å². The van der Waals surface area contributed by atoms with Gasteiger partial charge in [-0.1, -0.05) is 23.4 Å². The highest BCUT2D eigenvalue weighted by Crippen LogP contribution is 2.35. The number of para-hydroxylation sites is 1. The topological polar surface area (TPSA) is 134 Å². The molecule has 0 unspecified atom stereocenters. The molecule has 0 bridgehead atoms. The van der Waals surface area contributed by atoms with E-state index in [1.807, 2.05) is 43.3 Å². The van der Waals surface area contributed by atoms with E-state index in [1.165, 1.54) is 12.3 Å². The van der Waals surface area contributed by atoms with Crippen molar-refractivity contribution < 1.29 is 18.7 Å². The lowest BCUT2D eigenvalue weighted by atomic mass is 10.0. The quantitative estimate of drug-likeness (QED) is 0.266. The molecule has 42 heavy (non-hydrogen) atoms. The van der Waals surface area contributed by atoms with Gasteiger partial charge in [0.25, 0.3) is 0 Å². The number of anilines is 1. The van der Waals surface area contributed by atoms with Gasteiger partial charge in [-0.2, -0.15) is 9.49 Å². The Kier molecular flexibility index (Phi) is 7.59. The zero-order valence-electron chi connectivity index (χ0n) is 23.4. The molecule has 0 spiro atoms. The highest BCUT2D eigenvalue weighted by molar-refractivity contribution is 5.91. The number of nitrogens with zero attached hydrogens (tertiary/aromatic N) is 7. The van der Waals surface area contributed by atoms with Crippen molar-refractivity contribution in [1.82, 2.24) is 40.1 Å². The fourth-order valence-electron chi connectivity index (χ4n) is 5.28. The number of carbonyl (C=O) groups excluding carboxylic acids is 1. The number of ether oxygens (including phenoxy) is 2. The van der Waals surface area contributed by atoms with Gasteiger partial charge in [-0.15, -0.1) is 5.10 Å². The van der Waals surface area contributed by atoms with E-state index in [0.717, 1.165) is 16.8 Å². The number of pyridine rings is 2. The summed E-state index contributed by atoms with van der Waals surface area (Å²) in [6.07, 6.45) is 3.59. The van der Waals surface area contributed by atoms with Gasteiger partial charge in [0.05, 0.1) is 23.5 Å². The minimum atomic E-state index is -0.608. The van der Waals surface area contributed by atoms with Crippen LogP contribution in [-0.4, -0.2) is 66.6 Å². The molecule has 1 aliphatic heterocycles. The SMILES string of the molecule is COCC[C@@H]1C[C@@H](NC(=O)Nc2c(C)c(-c3cnc4c(c3)nnn4C)nn2-c2ccccc2)[C@H](c2ccnc(F)c2)O1. The predicted molar refractivity (Wildman–Crippen MR) is 152 cm³/mol. The second-order valence-electron chi connectivity index (χ2n) is 10.2. The Hall–Kier alpha value is -4.75. The Morgan fingerprint density at radius 2 is 2.02 bits per heavy atom. The number of carbonyl (C=O) groups is 1. The summed E-state index contributed by atoms with van der Waals surface area (Å²) in [4.78, 5) is 21.7. The second kappa shape index (κ2) is 11.6. The molecule has 0 saturated carbocycles. The van der Waals surface area contributed by atoms with Crippen molar-refractivity contribution in [1.29, 1.82) is 0 Å². The molecule has 5 heterocycles. The Morgan fingerprint density at radius 3 is 2.81 bits per heavy atom. The Balaban J connectivity index is 1.30. The van der Waals surface area contributed by atoms with E-state index in [4.69, 9.17) is 14.6 Å². The molecule has 1 saturated heterocycles. The number of amides is 2. The molecule has 4 aromatic heterocycles. The van der Waals surface area contributed by atoms with Crippen molar-refractivity contribution in [3.8, 4) is 16.9 Å². The fourth-order valence-corrected chi connectivity index (χ4v) is 5.28. The number of aromatic nitrogens is 7. The second-order valence-corrected chi connectivity index (χ2v) is 10.2. The zero-order valence-corrected chi connectivity index (χ0v) is 23.4. The Morgan fingerprint density at radius 1 is 1.19 bits per heavy atom. The zero-order chi connectivity index (χ0) is 29.2. The number of nitrogens with one attached hydrogen (secondary N) is 2. The van der Waals surface area contributed by atoms with Gasteiger partial charge in [-0.05, 0) is 55.7 Å². The van der Waals surface area contributed by atoms with Crippen LogP contribution in [0.15, 0.2) is 60.9 Å². The molecule has 6 rings (SSSR count). The number of hydrogen-bond donors (Lipinski definition) is 2. The van der Waals surface area contributed by atoms with Gasteiger partial charge in [0.1, 0.15) is 17.4 Å². The molecule has 0 radical (unpaired) electrons. The molecule has 1 aliphatic rings. The van der Waals surface area contributed by atoms with E-state index in [-0.39, 0.29) is 6.10 Å². The van der Waals surface area contributed by atoms with Crippen LogP contribution in [0.4, 0.5) is 15.0 Å². The number of fused-ring (bicyclic) bond motifs is 1. The van der Waals surface area contributed by atoms with E-state index < -0.39 is 24.1 Å². The van der Waals surface area contributed by atoms with Crippen molar-refractivity contribution in [2.75, 3.05) is 19.0 Å². The molecule has 13 heteroatoms. The summed E-state index contributed by atoms with van der Waals surface area (Å²) in [6, 6.07) is 13.6. The largest absolute Gasteiger partial charge is 0.385 e. The van der Waals surface area contributed by atoms with Crippen LogP contribution in [0.25, 0.3) is 28.1 Å². The first kappa shape index (κ1) is 27.4. The summed E-state index contributed by atoms with van der Waals surface area (Å²) in [7, 11) is 3.41. The molecule has 0 aliphatic carbocycles. The third-order valence-corrected chi connectivity index (χ3v) is 7.33. The average Bonchev–Trinajstić information content (AvgIpc) is 3.67. The Bertz CT molecular complexity index is 1720. The summed E-state index contributed by atoms with van der Waals surface area (Å²) in [5.41, 5.74) is 4.79. The number of hydrogen-bond acceptors (Lipinski definition) is 8. The molecular formula is C29H30FN9O3. The number of rotatable bonds is 8. The van der Waals surface area contributed by atoms with E-state index in [9.17, 15) is 9.18 Å². The van der Waals surface area contributed by atoms with Gasteiger partial charge in [0.2, 0.25) is 5.95 Å². The monoisotopic (exact) mass is 571 g/mol. The molecule has 3 atom stereocenters. The summed E-state index contributed by atoms with van der Waals surface area (Å²) in [6.45, 7) is 2.40. The third kappa shape index (κ3) is 5.43. The lowest BCUT2D eigenvalue weighted by Crippen LogP contribution is -2.40. The van der Waals surface area contributed by atoms with Crippen molar-refractivity contribution in [3.05, 3.63) is 78.0 Å². The fraction of sp³-hybridized carbons (Fsp3) is 0.310. The van der Waals surface area contributed by atoms with Gasteiger partial charge in [-0.3, -0.25) is 5.32 Å². The maximum absolute atomic E-state index is 14.0. The minimum absolute atomic E-state index is 0.164. The highest BCUT2D eigenvalue weighted by Gasteiger charge is 2.37. The predicted octanol–water partition coefficient (Wildman–Crippen LogP) is 4.12. The number of methoxy groups -OCH3 is 1. The van der Waals surface area contributed by atoms with Crippen LogP contribution in [0.3, 0.4) is 0 Å². The third-order valence-electron chi connectivity index (χ3n) is 7.33. The number of aryl methyl sites for hydroxylation is 1. The molecule has 5 aromatic rings. The van der Waals surface area contributed by atoms with E-state index in [1.54, 1.807) is 35.8 Å². The van der Waals surface area contributed by atoms with Crippen LogP contribution < -0.4 is 10.6 Å². The van der Waals surface area contributed by atoms with Crippen LogP contribution in [-0.2, 0) is 16.5 Å². The Labute approximate surface area is 240 Å².